The predicted molar refractivity (Wildman–Crippen MR) is 77.1 cm³/mol. The Labute approximate surface area is 121 Å². The van der Waals surface area contributed by atoms with Gasteiger partial charge in [0.15, 0.2) is 5.82 Å². The zero-order valence-corrected chi connectivity index (χ0v) is 12.1. The minimum absolute atomic E-state index is 0.124. The predicted octanol–water partition coefficient (Wildman–Crippen LogP) is 0.878. The summed E-state index contributed by atoms with van der Waals surface area (Å²) in [6.45, 7) is 0. The summed E-state index contributed by atoms with van der Waals surface area (Å²) in [5, 5.41) is 4.07. The summed E-state index contributed by atoms with van der Waals surface area (Å²) in [5.74, 6) is 0.0929. The Morgan fingerprint density at radius 3 is 2.65 bits per heavy atom. The molecule has 1 aromatic rings. The van der Waals surface area contributed by atoms with Gasteiger partial charge in [0.1, 0.15) is 4.99 Å². The first-order valence-electron chi connectivity index (χ1n) is 6.65. The molecule has 2 N–H and O–H groups in total. The van der Waals surface area contributed by atoms with Crippen molar-refractivity contribution in [3.63, 3.8) is 0 Å². The van der Waals surface area contributed by atoms with Crippen LogP contribution in [0.1, 0.15) is 37.7 Å². The van der Waals surface area contributed by atoms with Crippen LogP contribution >= 0.6 is 12.2 Å². The van der Waals surface area contributed by atoms with Crippen LogP contribution in [0.5, 0.6) is 0 Å². The van der Waals surface area contributed by atoms with Crippen molar-refractivity contribution in [2.75, 3.05) is 4.90 Å². The van der Waals surface area contributed by atoms with Crippen LogP contribution in [0.3, 0.4) is 0 Å². The average Bonchev–Trinajstić information content (AvgIpc) is 3.03. The number of anilines is 1. The molecule has 2 aliphatic rings. The Morgan fingerprint density at radius 1 is 1.40 bits per heavy atom. The number of aryl methyl sites for hydroxylation is 1. The maximum absolute atomic E-state index is 12.7. The van der Waals surface area contributed by atoms with E-state index in [0.717, 1.165) is 25.7 Å². The number of thiocarbonyl (C=S) groups is 1. The monoisotopic (exact) mass is 292 g/mol. The van der Waals surface area contributed by atoms with Crippen LogP contribution < -0.4 is 10.6 Å². The van der Waals surface area contributed by atoms with Gasteiger partial charge in [0.2, 0.25) is 11.8 Å². The highest BCUT2D eigenvalue weighted by molar-refractivity contribution is 7.80. The molecule has 1 saturated heterocycles. The lowest BCUT2D eigenvalue weighted by atomic mass is 9.84. The Balaban J connectivity index is 2.07. The molecule has 6 nitrogen and oxygen atoms in total. The lowest BCUT2D eigenvalue weighted by Crippen LogP contribution is -2.36. The fraction of sp³-hybridized carbons (Fsp3) is 0.538. The number of hydrogen-bond acceptors (Lipinski definition) is 4. The molecule has 106 valence electrons. The second-order valence-corrected chi connectivity index (χ2v) is 6.01. The number of imide groups is 1. The normalized spacial score (nSPS) is 21.1. The van der Waals surface area contributed by atoms with Gasteiger partial charge in [0.25, 0.3) is 0 Å². The van der Waals surface area contributed by atoms with Gasteiger partial charge < -0.3 is 5.73 Å². The van der Waals surface area contributed by atoms with Gasteiger partial charge in [-0.3, -0.25) is 14.3 Å². The molecule has 1 aromatic heterocycles. The molecule has 2 heterocycles. The van der Waals surface area contributed by atoms with E-state index in [1.807, 2.05) is 0 Å². The molecule has 1 aliphatic heterocycles. The van der Waals surface area contributed by atoms with Crippen molar-refractivity contribution in [1.82, 2.24) is 9.78 Å². The van der Waals surface area contributed by atoms with Crippen LogP contribution in [0, 0.1) is 5.41 Å². The van der Waals surface area contributed by atoms with Gasteiger partial charge in [-0.2, -0.15) is 5.10 Å². The minimum atomic E-state index is -0.505. The number of carbonyl (C=O) groups excluding carboxylic acids is 2. The number of carbonyl (C=O) groups is 2. The summed E-state index contributed by atoms with van der Waals surface area (Å²) in [6, 6.07) is 0. The molecule has 1 aliphatic carbocycles. The number of nitrogens with two attached hydrogens (primary N) is 1. The molecule has 0 unspecified atom stereocenters. The summed E-state index contributed by atoms with van der Waals surface area (Å²) in [6.07, 6.45) is 5.36. The quantitative estimate of drug-likeness (QED) is 0.646. The van der Waals surface area contributed by atoms with Gasteiger partial charge in [-0.25, -0.2) is 4.90 Å². The van der Waals surface area contributed by atoms with Gasteiger partial charge in [-0.15, -0.1) is 0 Å². The van der Waals surface area contributed by atoms with E-state index in [2.05, 4.69) is 5.10 Å². The number of nitrogens with zero attached hydrogens (tertiary/aromatic N) is 3. The summed E-state index contributed by atoms with van der Waals surface area (Å²) in [4.78, 5) is 26.5. The van der Waals surface area contributed by atoms with E-state index < -0.39 is 5.41 Å². The molecule has 0 atom stereocenters. The van der Waals surface area contributed by atoms with E-state index in [-0.39, 0.29) is 23.2 Å². The van der Waals surface area contributed by atoms with Crippen LogP contribution in [-0.2, 0) is 16.6 Å². The molecule has 1 spiro atoms. The number of aromatic nitrogens is 2. The Hall–Kier alpha value is -1.76. The third-order valence-electron chi connectivity index (χ3n) is 4.34. The largest absolute Gasteiger partial charge is 0.389 e. The van der Waals surface area contributed by atoms with Crippen LogP contribution in [0.15, 0.2) is 6.20 Å². The second kappa shape index (κ2) is 4.37. The maximum Gasteiger partial charge on any atom is 0.241 e. The maximum atomic E-state index is 12.7. The van der Waals surface area contributed by atoms with E-state index >= 15 is 0 Å². The summed E-state index contributed by atoms with van der Waals surface area (Å²) in [7, 11) is 1.68. The molecule has 0 aromatic carbocycles. The summed E-state index contributed by atoms with van der Waals surface area (Å²) >= 11 is 4.98. The van der Waals surface area contributed by atoms with Crippen molar-refractivity contribution in [1.29, 1.82) is 0 Å². The molecule has 2 fully saturated rings. The van der Waals surface area contributed by atoms with Crippen LogP contribution in [0.4, 0.5) is 5.82 Å². The van der Waals surface area contributed by atoms with Crippen LogP contribution in [0.25, 0.3) is 0 Å². The highest BCUT2D eigenvalue weighted by atomic mass is 32.1. The Morgan fingerprint density at radius 2 is 2.05 bits per heavy atom. The zero-order valence-electron chi connectivity index (χ0n) is 11.3. The molecule has 1 saturated carbocycles. The average molecular weight is 292 g/mol. The SMILES string of the molecule is Cn1ncc(C(N)=S)c1N1C(=O)CC2(CCCC2)C1=O. The Bertz CT molecular complexity index is 616. The highest BCUT2D eigenvalue weighted by Gasteiger charge is 2.54. The molecule has 2 amide bonds. The second-order valence-electron chi connectivity index (χ2n) is 5.57. The van der Waals surface area contributed by atoms with Crippen LogP contribution in [-0.4, -0.2) is 26.6 Å². The zero-order chi connectivity index (χ0) is 14.5. The van der Waals surface area contributed by atoms with E-state index in [9.17, 15) is 9.59 Å². The van der Waals surface area contributed by atoms with E-state index in [1.165, 1.54) is 15.8 Å². The number of rotatable bonds is 2. The van der Waals surface area contributed by atoms with Gasteiger partial charge >= 0.3 is 0 Å². The third-order valence-corrected chi connectivity index (χ3v) is 4.56. The highest BCUT2D eigenvalue weighted by Crippen LogP contribution is 2.48. The van der Waals surface area contributed by atoms with Gasteiger partial charge in [0.05, 0.1) is 17.2 Å². The minimum Gasteiger partial charge on any atom is -0.389 e. The summed E-state index contributed by atoms with van der Waals surface area (Å²) in [5.41, 5.74) is 5.63. The van der Waals surface area contributed by atoms with E-state index in [4.69, 9.17) is 18.0 Å². The molecule has 7 heteroatoms. The van der Waals surface area contributed by atoms with Crippen molar-refractivity contribution in [3.8, 4) is 0 Å². The van der Waals surface area contributed by atoms with Crippen molar-refractivity contribution in [3.05, 3.63) is 11.8 Å². The first kappa shape index (κ1) is 13.2. The Kier molecular flexibility index (Phi) is 2.89. The first-order valence-corrected chi connectivity index (χ1v) is 7.06. The first-order chi connectivity index (χ1) is 9.46. The van der Waals surface area contributed by atoms with E-state index in [0.29, 0.717) is 11.4 Å². The van der Waals surface area contributed by atoms with Crippen molar-refractivity contribution < 1.29 is 9.59 Å². The van der Waals surface area contributed by atoms with Crippen LogP contribution in [0.2, 0.25) is 0 Å². The lowest BCUT2D eigenvalue weighted by molar-refractivity contribution is -0.125. The molecule has 0 radical (unpaired) electrons. The topological polar surface area (TPSA) is 81.2 Å². The lowest BCUT2D eigenvalue weighted by Gasteiger charge is -2.21. The standard InChI is InChI=1S/C13H16N4O2S/c1-16-11(8(7-15-16)10(14)20)17-9(18)6-13(12(17)19)4-2-3-5-13/h7H,2-6H2,1H3,(H2,14,20). The van der Waals surface area contributed by atoms with Gasteiger partial charge in [-0.1, -0.05) is 25.1 Å². The van der Waals surface area contributed by atoms with Gasteiger partial charge in [-0.05, 0) is 12.8 Å². The van der Waals surface area contributed by atoms with E-state index in [1.54, 1.807) is 7.05 Å². The van der Waals surface area contributed by atoms with Crippen molar-refractivity contribution in [2.45, 2.75) is 32.1 Å². The smallest absolute Gasteiger partial charge is 0.241 e. The molecular weight excluding hydrogens is 276 g/mol. The molecule has 0 bridgehead atoms. The fourth-order valence-corrected chi connectivity index (χ4v) is 3.47. The third kappa shape index (κ3) is 1.69. The fourth-order valence-electron chi connectivity index (χ4n) is 3.32. The van der Waals surface area contributed by atoms with Crippen molar-refractivity contribution in [2.24, 2.45) is 18.2 Å². The molecule has 3 rings (SSSR count). The molecular formula is C13H16N4O2S. The van der Waals surface area contributed by atoms with Gasteiger partial charge in [0, 0.05) is 13.5 Å². The molecule has 20 heavy (non-hydrogen) atoms. The summed E-state index contributed by atoms with van der Waals surface area (Å²) < 4.78 is 1.48. The van der Waals surface area contributed by atoms with Crippen molar-refractivity contribution >= 4 is 34.8 Å². The number of amides is 2. The number of hydrogen-bond donors (Lipinski definition) is 1.